The summed E-state index contributed by atoms with van der Waals surface area (Å²) in [5, 5.41) is 2.59. The van der Waals surface area contributed by atoms with Crippen LogP contribution in [0.4, 0.5) is 16.2 Å². The van der Waals surface area contributed by atoms with E-state index < -0.39 is 16.1 Å². The molecule has 0 bridgehead atoms. The molecular weight excluding hydrogens is 268 g/mol. The van der Waals surface area contributed by atoms with Gasteiger partial charge in [-0.2, -0.15) is 0 Å². The highest BCUT2D eigenvalue weighted by atomic mass is 32.2. The molecular formula is C11H12N4O3S. The highest BCUT2D eigenvalue weighted by molar-refractivity contribution is 7.92. The number of nitrogens with zero attached hydrogens (tertiary/aromatic N) is 2. The highest BCUT2D eigenvalue weighted by Gasteiger charge is 2.10. The summed E-state index contributed by atoms with van der Waals surface area (Å²) in [6, 6.07) is 6.09. The van der Waals surface area contributed by atoms with Gasteiger partial charge in [-0.05, 0) is 12.1 Å². The molecule has 2 aromatic rings. The normalized spacial score (nSPS) is 11.0. The average molecular weight is 280 g/mol. The molecule has 0 saturated carbocycles. The Labute approximate surface area is 110 Å². The predicted molar refractivity (Wildman–Crippen MR) is 71.6 cm³/mol. The fourth-order valence-corrected chi connectivity index (χ4v) is 2.02. The zero-order chi connectivity index (χ0) is 13.9. The van der Waals surface area contributed by atoms with Gasteiger partial charge in [0, 0.05) is 12.4 Å². The van der Waals surface area contributed by atoms with Crippen LogP contribution < -0.4 is 10.0 Å². The summed E-state index contributed by atoms with van der Waals surface area (Å²) < 4.78 is 26.0. The van der Waals surface area contributed by atoms with Crippen molar-refractivity contribution in [1.29, 1.82) is 0 Å². The van der Waals surface area contributed by atoms with E-state index in [0.29, 0.717) is 11.4 Å². The number of carbonyl (C=O) groups is 1. The molecule has 1 aromatic heterocycles. The summed E-state index contributed by atoms with van der Waals surface area (Å²) >= 11 is 0. The molecule has 0 fully saturated rings. The number of imidazole rings is 1. The number of anilines is 2. The number of rotatable bonds is 3. The van der Waals surface area contributed by atoms with Gasteiger partial charge in [0.15, 0.2) is 0 Å². The Kier molecular flexibility index (Phi) is 3.52. The molecule has 7 nitrogen and oxygen atoms in total. The van der Waals surface area contributed by atoms with Crippen LogP contribution in [0.25, 0.3) is 0 Å². The molecule has 2 N–H and O–H groups in total. The molecule has 8 heteroatoms. The number of amides is 1. The van der Waals surface area contributed by atoms with Crippen LogP contribution in [0.15, 0.2) is 43.0 Å². The van der Waals surface area contributed by atoms with E-state index in [2.05, 4.69) is 15.0 Å². The van der Waals surface area contributed by atoms with Crippen LogP contribution in [0.5, 0.6) is 0 Å². The molecule has 0 aliphatic rings. The van der Waals surface area contributed by atoms with E-state index in [0.717, 1.165) is 6.26 Å². The third-order valence-electron chi connectivity index (χ3n) is 2.20. The standard InChI is InChI=1S/C11H12N4O3S/c1-19(17,18)14-10-5-3-2-4-9(10)13-11(16)15-7-6-12-8-15/h2-8,14H,1H3,(H,13,16). The SMILES string of the molecule is CS(=O)(=O)Nc1ccccc1NC(=O)n1ccnc1. The fraction of sp³-hybridized carbons (Fsp3) is 0.0909. The second-order valence-electron chi connectivity index (χ2n) is 3.82. The maximum absolute atomic E-state index is 11.8. The second kappa shape index (κ2) is 5.11. The van der Waals surface area contributed by atoms with Crippen molar-refractivity contribution in [3.63, 3.8) is 0 Å². The minimum absolute atomic E-state index is 0.304. The van der Waals surface area contributed by atoms with E-state index in [9.17, 15) is 13.2 Å². The number of benzene rings is 1. The van der Waals surface area contributed by atoms with Gasteiger partial charge >= 0.3 is 6.03 Å². The number of hydrogen-bond acceptors (Lipinski definition) is 4. The highest BCUT2D eigenvalue weighted by Crippen LogP contribution is 2.21. The van der Waals surface area contributed by atoms with Gasteiger partial charge in [0.2, 0.25) is 10.0 Å². The zero-order valence-corrected chi connectivity index (χ0v) is 10.9. The van der Waals surface area contributed by atoms with Gasteiger partial charge in [-0.15, -0.1) is 0 Å². The van der Waals surface area contributed by atoms with Crippen LogP contribution in [-0.4, -0.2) is 30.3 Å². The van der Waals surface area contributed by atoms with Gasteiger partial charge in [-0.25, -0.2) is 18.2 Å². The minimum Gasteiger partial charge on any atom is -0.305 e. The largest absolute Gasteiger partial charge is 0.331 e. The number of aromatic nitrogens is 2. The maximum Gasteiger partial charge on any atom is 0.331 e. The van der Waals surface area contributed by atoms with Crippen molar-refractivity contribution in [3.05, 3.63) is 43.0 Å². The third-order valence-corrected chi connectivity index (χ3v) is 2.79. The molecule has 0 atom stereocenters. The van der Waals surface area contributed by atoms with E-state index in [1.165, 1.54) is 23.3 Å². The van der Waals surface area contributed by atoms with E-state index in [1.54, 1.807) is 24.3 Å². The van der Waals surface area contributed by atoms with Crippen LogP contribution >= 0.6 is 0 Å². The number of hydrogen-bond donors (Lipinski definition) is 2. The Morgan fingerprint density at radius 1 is 1.26 bits per heavy atom. The van der Waals surface area contributed by atoms with Gasteiger partial charge in [0.05, 0.1) is 17.6 Å². The second-order valence-corrected chi connectivity index (χ2v) is 5.57. The first kappa shape index (κ1) is 13.1. The zero-order valence-electron chi connectivity index (χ0n) is 10.1. The molecule has 0 spiro atoms. The summed E-state index contributed by atoms with van der Waals surface area (Å²) in [5.41, 5.74) is 0.671. The summed E-state index contributed by atoms with van der Waals surface area (Å²) in [5.74, 6) is 0. The lowest BCUT2D eigenvalue weighted by Gasteiger charge is -2.11. The van der Waals surface area contributed by atoms with E-state index in [1.807, 2.05) is 0 Å². The van der Waals surface area contributed by atoms with Crippen LogP contribution in [0.2, 0.25) is 0 Å². The maximum atomic E-state index is 11.8. The van der Waals surface area contributed by atoms with Crippen molar-refractivity contribution in [1.82, 2.24) is 9.55 Å². The summed E-state index contributed by atoms with van der Waals surface area (Å²) in [6.45, 7) is 0. The Bertz CT molecular complexity index is 680. The van der Waals surface area contributed by atoms with Crippen molar-refractivity contribution in [3.8, 4) is 0 Å². The first-order chi connectivity index (χ1) is 8.96. The summed E-state index contributed by atoms with van der Waals surface area (Å²) in [6.07, 6.45) is 5.35. The van der Waals surface area contributed by atoms with Crippen molar-refractivity contribution >= 4 is 27.4 Å². The summed E-state index contributed by atoms with van der Waals surface area (Å²) in [7, 11) is -3.41. The van der Waals surface area contributed by atoms with E-state index in [4.69, 9.17) is 0 Å². The van der Waals surface area contributed by atoms with Crippen molar-refractivity contribution in [2.45, 2.75) is 0 Å². The Hall–Kier alpha value is -2.35. The lowest BCUT2D eigenvalue weighted by atomic mass is 10.3. The topological polar surface area (TPSA) is 93.1 Å². The quantitative estimate of drug-likeness (QED) is 0.887. The van der Waals surface area contributed by atoms with Gasteiger partial charge in [0.1, 0.15) is 6.33 Å². The van der Waals surface area contributed by atoms with Crippen LogP contribution in [-0.2, 0) is 10.0 Å². The van der Waals surface area contributed by atoms with E-state index >= 15 is 0 Å². The predicted octanol–water partition coefficient (Wildman–Crippen LogP) is 1.33. The van der Waals surface area contributed by atoms with Crippen molar-refractivity contribution < 1.29 is 13.2 Å². The molecule has 0 saturated heterocycles. The number of carbonyl (C=O) groups excluding carboxylic acids is 1. The molecule has 0 radical (unpaired) electrons. The molecule has 1 aromatic carbocycles. The van der Waals surface area contributed by atoms with Crippen LogP contribution in [0, 0.1) is 0 Å². The first-order valence-corrected chi connectivity index (χ1v) is 7.21. The van der Waals surface area contributed by atoms with Crippen LogP contribution in [0.3, 0.4) is 0 Å². The van der Waals surface area contributed by atoms with Gasteiger partial charge in [-0.1, -0.05) is 12.1 Å². The van der Waals surface area contributed by atoms with Gasteiger partial charge in [0.25, 0.3) is 0 Å². The van der Waals surface area contributed by atoms with Crippen molar-refractivity contribution in [2.75, 3.05) is 16.3 Å². The molecule has 0 aliphatic carbocycles. The Balaban J connectivity index is 2.23. The minimum atomic E-state index is -3.41. The van der Waals surface area contributed by atoms with Crippen LogP contribution in [0.1, 0.15) is 0 Å². The fourth-order valence-electron chi connectivity index (χ4n) is 1.44. The Morgan fingerprint density at radius 2 is 1.95 bits per heavy atom. The molecule has 1 heterocycles. The summed E-state index contributed by atoms with van der Waals surface area (Å²) in [4.78, 5) is 15.6. The Morgan fingerprint density at radius 3 is 2.53 bits per heavy atom. The lowest BCUT2D eigenvalue weighted by Crippen LogP contribution is -2.19. The van der Waals surface area contributed by atoms with E-state index in [-0.39, 0.29) is 0 Å². The number of sulfonamides is 1. The first-order valence-electron chi connectivity index (χ1n) is 5.32. The molecule has 2 rings (SSSR count). The number of nitrogens with one attached hydrogen (secondary N) is 2. The van der Waals surface area contributed by atoms with Gasteiger partial charge < -0.3 is 5.32 Å². The molecule has 0 aliphatic heterocycles. The molecule has 0 unspecified atom stereocenters. The molecule has 100 valence electrons. The monoisotopic (exact) mass is 280 g/mol. The third kappa shape index (κ3) is 3.55. The van der Waals surface area contributed by atoms with Crippen molar-refractivity contribution in [2.24, 2.45) is 0 Å². The van der Waals surface area contributed by atoms with Gasteiger partial charge in [-0.3, -0.25) is 9.29 Å². The smallest absolute Gasteiger partial charge is 0.305 e. The lowest BCUT2D eigenvalue weighted by molar-refractivity contribution is 0.253. The molecule has 1 amide bonds. The average Bonchev–Trinajstić information content (AvgIpc) is 2.83. The number of para-hydroxylation sites is 2. The molecule has 19 heavy (non-hydrogen) atoms.